The first-order valence-corrected chi connectivity index (χ1v) is 8.05. The lowest BCUT2D eigenvalue weighted by Gasteiger charge is -2.21. The highest BCUT2D eigenvalue weighted by atomic mass is 19.1. The van der Waals surface area contributed by atoms with Crippen molar-refractivity contribution < 1.29 is 9.18 Å². The van der Waals surface area contributed by atoms with Crippen LogP contribution in [0.5, 0.6) is 0 Å². The summed E-state index contributed by atoms with van der Waals surface area (Å²) in [6, 6.07) is 17.1. The Morgan fingerprint density at radius 3 is 2.48 bits per heavy atom. The lowest BCUT2D eigenvalue weighted by Crippen LogP contribution is -2.29. The van der Waals surface area contributed by atoms with Crippen LogP contribution < -0.4 is 5.32 Å². The second kappa shape index (κ2) is 7.38. The van der Waals surface area contributed by atoms with Gasteiger partial charge < -0.3 is 5.32 Å². The first kappa shape index (κ1) is 15.7. The third kappa shape index (κ3) is 4.63. The minimum absolute atomic E-state index is 0.145. The molecule has 1 aliphatic rings. The number of carbonyl (C=O) groups is 1. The molecule has 2 aromatic rings. The van der Waals surface area contributed by atoms with Gasteiger partial charge in [0.05, 0.1) is 5.69 Å². The van der Waals surface area contributed by atoms with Crippen molar-refractivity contribution in [1.82, 2.24) is 4.90 Å². The minimum atomic E-state index is -0.399. The molecule has 0 spiro atoms. The normalized spacial score (nSPS) is 14.0. The van der Waals surface area contributed by atoms with Gasteiger partial charge in [-0.05, 0) is 30.5 Å². The molecule has 23 heavy (non-hydrogen) atoms. The Kier molecular flexibility index (Phi) is 5.03. The van der Waals surface area contributed by atoms with Crippen LogP contribution >= 0.6 is 0 Å². The molecule has 120 valence electrons. The van der Waals surface area contributed by atoms with Crippen molar-refractivity contribution >= 4 is 11.6 Å². The van der Waals surface area contributed by atoms with Gasteiger partial charge in [0.2, 0.25) is 5.91 Å². The Morgan fingerprint density at radius 1 is 1.09 bits per heavy atom. The smallest absolute Gasteiger partial charge is 0.225 e. The fourth-order valence-corrected chi connectivity index (χ4v) is 2.67. The first-order chi connectivity index (χ1) is 11.2. The van der Waals surface area contributed by atoms with Crippen LogP contribution in [-0.2, 0) is 11.3 Å². The van der Waals surface area contributed by atoms with Gasteiger partial charge in [-0.15, -0.1) is 0 Å². The number of hydrogen-bond donors (Lipinski definition) is 1. The highest BCUT2D eigenvalue weighted by Crippen LogP contribution is 2.28. The molecule has 3 nitrogen and oxygen atoms in total. The Morgan fingerprint density at radius 2 is 1.78 bits per heavy atom. The molecule has 1 saturated carbocycles. The van der Waals surface area contributed by atoms with Crippen LogP contribution in [0.3, 0.4) is 0 Å². The van der Waals surface area contributed by atoms with E-state index < -0.39 is 5.82 Å². The number of carbonyl (C=O) groups excluding carboxylic acids is 1. The molecule has 0 saturated heterocycles. The minimum Gasteiger partial charge on any atom is -0.324 e. The van der Waals surface area contributed by atoms with Crippen molar-refractivity contribution in [2.75, 3.05) is 11.9 Å². The van der Waals surface area contributed by atoms with Crippen LogP contribution in [-0.4, -0.2) is 23.4 Å². The number of nitrogens with one attached hydrogen (secondary N) is 1. The van der Waals surface area contributed by atoms with E-state index in [1.807, 2.05) is 18.2 Å². The van der Waals surface area contributed by atoms with Crippen LogP contribution in [0.1, 0.15) is 24.8 Å². The van der Waals surface area contributed by atoms with E-state index in [2.05, 4.69) is 22.3 Å². The lowest BCUT2D eigenvalue weighted by molar-refractivity contribution is -0.116. The van der Waals surface area contributed by atoms with Crippen LogP contribution in [0, 0.1) is 5.82 Å². The monoisotopic (exact) mass is 312 g/mol. The van der Waals surface area contributed by atoms with Crippen molar-refractivity contribution in [2.45, 2.75) is 31.8 Å². The van der Waals surface area contributed by atoms with Gasteiger partial charge in [0.25, 0.3) is 0 Å². The number of para-hydroxylation sites is 1. The summed E-state index contributed by atoms with van der Waals surface area (Å²) in [7, 11) is 0. The van der Waals surface area contributed by atoms with E-state index in [0.717, 1.165) is 6.54 Å². The number of amides is 1. The molecular formula is C19H21FN2O. The summed E-state index contributed by atoms with van der Waals surface area (Å²) >= 11 is 0. The van der Waals surface area contributed by atoms with Gasteiger partial charge in [-0.3, -0.25) is 9.69 Å². The summed E-state index contributed by atoms with van der Waals surface area (Å²) in [5.41, 5.74) is 1.51. The zero-order valence-electron chi connectivity index (χ0n) is 13.0. The van der Waals surface area contributed by atoms with E-state index in [0.29, 0.717) is 19.0 Å². The predicted octanol–water partition coefficient (Wildman–Crippen LogP) is 3.82. The second-order valence-corrected chi connectivity index (χ2v) is 5.97. The summed E-state index contributed by atoms with van der Waals surface area (Å²) in [5, 5.41) is 2.65. The zero-order valence-corrected chi connectivity index (χ0v) is 13.0. The Bertz CT molecular complexity index is 655. The summed E-state index contributed by atoms with van der Waals surface area (Å²) in [4.78, 5) is 14.4. The highest BCUT2D eigenvalue weighted by Gasteiger charge is 2.29. The molecule has 1 fully saturated rings. The number of halogens is 1. The fraction of sp³-hybridized carbons (Fsp3) is 0.316. The molecular weight excluding hydrogens is 291 g/mol. The Hall–Kier alpha value is -2.20. The Balaban J connectivity index is 1.53. The van der Waals surface area contributed by atoms with E-state index in [-0.39, 0.29) is 11.6 Å². The molecule has 1 aliphatic carbocycles. The molecule has 0 bridgehead atoms. The number of benzene rings is 2. The van der Waals surface area contributed by atoms with E-state index >= 15 is 0 Å². The second-order valence-electron chi connectivity index (χ2n) is 5.97. The summed E-state index contributed by atoms with van der Waals surface area (Å²) in [6.07, 6.45) is 2.77. The standard InChI is InChI=1S/C19H21FN2O/c20-17-8-4-5-9-18(17)21-19(23)12-13-22(16-10-11-16)14-15-6-2-1-3-7-15/h1-9,16H,10-14H2,(H,21,23). The van der Waals surface area contributed by atoms with Crippen molar-refractivity contribution in [2.24, 2.45) is 0 Å². The van der Waals surface area contributed by atoms with Gasteiger partial charge >= 0.3 is 0 Å². The highest BCUT2D eigenvalue weighted by molar-refractivity contribution is 5.90. The SMILES string of the molecule is O=C(CCN(Cc1ccccc1)C1CC1)Nc1ccccc1F. The largest absolute Gasteiger partial charge is 0.324 e. The van der Waals surface area contributed by atoms with Crippen LogP contribution in [0.15, 0.2) is 54.6 Å². The molecule has 0 heterocycles. The molecule has 0 aromatic heterocycles. The van der Waals surface area contributed by atoms with Gasteiger partial charge in [0.1, 0.15) is 5.82 Å². The average molecular weight is 312 g/mol. The van der Waals surface area contributed by atoms with Gasteiger partial charge in [0, 0.05) is 25.6 Å². The third-order valence-corrected chi connectivity index (χ3v) is 4.07. The zero-order chi connectivity index (χ0) is 16.1. The van der Waals surface area contributed by atoms with Crippen molar-refractivity contribution in [3.63, 3.8) is 0 Å². The quantitative estimate of drug-likeness (QED) is 0.843. The average Bonchev–Trinajstić information content (AvgIpc) is 3.39. The van der Waals surface area contributed by atoms with Gasteiger partial charge in [-0.2, -0.15) is 0 Å². The van der Waals surface area contributed by atoms with E-state index in [4.69, 9.17) is 0 Å². The molecule has 0 atom stereocenters. The maximum atomic E-state index is 13.5. The Labute approximate surface area is 136 Å². The molecule has 3 rings (SSSR count). The predicted molar refractivity (Wildman–Crippen MR) is 89.5 cm³/mol. The molecule has 1 N–H and O–H groups in total. The van der Waals surface area contributed by atoms with Gasteiger partial charge in [-0.1, -0.05) is 42.5 Å². The van der Waals surface area contributed by atoms with E-state index in [1.54, 1.807) is 18.2 Å². The first-order valence-electron chi connectivity index (χ1n) is 8.05. The number of anilines is 1. The maximum Gasteiger partial charge on any atom is 0.225 e. The number of nitrogens with zero attached hydrogens (tertiary/aromatic N) is 1. The number of hydrogen-bond acceptors (Lipinski definition) is 2. The van der Waals surface area contributed by atoms with Crippen LogP contribution in [0.2, 0.25) is 0 Å². The fourth-order valence-electron chi connectivity index (χ4n) is 2.67. The van der Waals surface area contributed by atoms with Crippen LogP contribution in [0.4, 0.5) is 10.1 Å². The van der Waals surface area contributed by atoms with Crippen molar-refractivity contribution in [1.29, 1.82) is 0 Å². The third-order valence-electron chi connectivity index (χ3n) is 4.07. The molecule has 4 heteroatoms. The molecule has 0 aliphatic heterocycles. The van der Waals surface area contributed by atoms with Gasteiger partial charge in [-0.25, -0.2) is 4.39 Å². The van der Waals surface area contributed by atoms with Crippen LogP contribution in [0.25, 0.3) is 0 Å². The summed E-state index contributed by atoms with van der Waals surface area (Å²) in [5.74, 6) is -0.544. The molecule has 0 unspecified atom stereocenters. The maximum absolute atomic E-state index is 13.5. The lowest BCUT2D eigenvalue weighted by atomic mass is 10.2. The molecule has 1 amide bonds. The molecule has 0 radical (unpaired) electrons. The van der Waals surface area contributed by atoms with E-state index in [9.17, 15) is 9.18 Å². The summed E-state index contributed by atoms with van der Waals surface area (Å²) in [6.45, 7) is 1.55. The summed E-state index contributed by atoms with van der Waals surface area (Å²) < 4.78 is 13.5. The number of rotatable bonds is 7. The van der Waals surface area contributed by atoms with E-state index in [1.165, 1.54) is 24.5 Å². The van der Waals surface area contributed by atoms with Crippen molar-refractivity contribution in [3.8, 4) is 0 Å². The van der Waals surface area contributed by atoms with Gasteiger partial charge in [0.15, 0.2) is 0 Å². The van der Waals surface area contributed by atoms with Crippen molar-refractivity contribution in [3.05, 3.63) is 66.0 Å². The topological polar surface area (TPSA) is 32.3 Å². The molecule has 2 aromatic carbocycles.